The van der Waals surface area contributed by atoms with Gasteiger partial charge in [-0.1, -0.05) is 176 Å². The first kappa shape index (κ1) is 44.1. The minimum atomic E-state index is -0.110. The van der Waals surface area contributed by atoms with Crippen LogP contribution in [0, 0.1) is 6.92 Å². The molecule has 4 aliphatic rings. The SMILES string of the molecule is Cc1c(-c2ccccc2)n2c3c(cc(C(C)(C)C)cc13)B1c3cc(C(C)(C)C)cc4c3N(c3cc(N(c5ccc(C(C)(C)C)cc5)c5ccc(C(C)(C)C)cc5)cc-2c31)C1(C)CCCCC41C. The molecule has 1 fully saturated rings. The second-order valence-electron chi connectivity index (χ2n) is 25.5. The molecule has 1 aliphatic carbocycles. The van der Waals surface area contributed by atoms with Gasteiger partial charge in [0.1, 0.15) is 0 Å². The molecular formula is C63H72BN3. The zero-order chi connectivity index (χ0) is 47.5. The molecule has 0 amide bonds. The third kappa shape index (κ3) is 6.36. The van der Waals surface area contributed by atoms with Gasteiger partial charge in [-0.05, 0) is 146 Å². The molecule has 3 nitrogen and oxygen atoms in total. The highest BCUT2D eigenvalue weighted by Gasteiger charge is 2.61. The van der Waals surface area contributed by atoms with Crippen molar-refractivity contribution in [1.82, 2.24) is 4.57 Å². The van der Waals surface area contributed by atoms with Crippen LogP contribution in [0.2, 0.25) is 0 Å². The van der Waals surface area contributed by atoms with Crippen LogP contribution >= 0.6 is 0 Å². The van der Waals surface area contributed by atoms with Crippen LogP contribution in [0.25, 0.3) is 27.8 Å². The molecule has 1 saturated carbocycles. The van der Waals surface area contributed by atoms with Gasteiger partial charge in [0, 0.05) is 44.8 Å². The summed E-state index contributed by atoms with van der Waals surface area (Å²) in [5.41, 5.74) is 24.3. The van der Waals surface area contributed by atoms with Gasteiger partial charge in [0.25, 0.3) is 6.71 Å². The van der Waals surface area contributed by atoms with Crippen LogP contribution in [-0.4, -0.2) is 16.8 Å². The average Bonchev–Trinajstić information content (AvgIpc) is 3.68. The summed E-state index contributed by atoms with van der Waals surface area (Å²) in [7, 11) is 0. The molecule has 6 aromatic carbocycles. The van der Waals surface area contributed by atoms with Gasteiger partial charge >= 0.3 is 0 Å². The maximum atomic E-state index is 2.92. The van der Waals surface area contributed by atoms with Crippen molar-refractivity contribution in [1.29, 1.82) is 0 Å². The number of nitrogens with zero attached hydrogens (tertiary/aromatic N) is 3. The summed E-state index contributed by atoms with van der Waals surface area (Å²) in [6, 6.07) is 45.7. The Morgan fingerprint density at radius 1 is 0.537 bits per heavy atom. The van der Waals surface area contributed by atoms with Crippen molar-refractivity contribution in [3.05, 3.63) is 149 Å². The minimum absolute atomic E-state index is 0.00650. The zero-order valence-electron chi connectivity index (χ0n) is 43.2. The smallest absolute Gasteiger partial charge is 0.252 e. The maximum Gasteiger partial charge on any atom is 0.252 e. The highest BCUT2D eigenvalue weighted by atomic mass is 15.3. The standard InChI is InChI=1S/C63H72BN3/c1-39-48-33-43(60(8,9)10)35-50-56(48)66(55(39)40-21-17-16-18-22-40)52-37-47(65(45-27-23-41(24-28-45)58(2,3)4)46-29-25-42(26-30-46)59(5,6)7)38-53-54(52)64(50)51-36-44(61(11,12)13)34-49-57(51)67(53)63(15)32-20-19-31-62(49,63)14/h16-18,21-30,33-38H,19-20,31-32H2,1-15H3. The van der Waals surface area contributed by atoms with Crippen molar-refractivity contribution in [3.8, 4) is 16.9 Å². The van der Waals surface area contributed by atoms with Gasteiger partial charge in [0.15, 0.2) is 0 Å². The van der Waals surface area contributed by atoms with E-state index in [2.05, 4.69) is 233 Å². The van der Waals surface area contributed by atoms with Crippen molar-refractivity contribution in [2.45, 2.75) is 162 Å². The van der Waals surface area contributed by atoms with E-state index in [0.29, 0.717) is 0 Å². The summed E-state index contributed by atoms with van der Waals surface area (Å²) in [5.74, 6) is 0. The lowest BCUT2D eigenvalue weighted by molar-refractivity contribution is 0.195. The van der Waals surface area contributed by atoms with Crippen LogP contribution in [0.1, 0.15) is 156 Å². The van der Waals surface area contributed by atoms with Crippen LogP contribution in [-0.2, 0) is 27.1 Å². The summed E-state index contributed by atoms with van der Waals surface area (Å²) in [6.07, 6.45) is 4.85. The van der Waals surface area contributed by atoms with Crippen LogP contribution in [0.3, 0.4) is 0 Å². The van der Waals surface area contributed by atoms with Gasteiger partial charge < -0.3 is 14.4 Å². The lowest BCUT2D eigenvalue weighted by Gasteiger charge is -2.52. The Morgan fingerprint density at radius 2 is 1.06 bits per heavy atom. The van der Waals surface area contributed by atoms with Crippen LogP contribution in [0.15, 0.2) is 115 Å². The quantitative estimate of drug-likeness (QED) is 0.163. The van der Waals surface area contributed by atoms with Crippen molar-refractivity contribution in [3.63, 3.8) is 0 Å². The van der Waals surface area contributed by atoms with Crippen LogP contribution in [0.5, 0.6) is 0 Å². The molecular weight excluding hydrogens is 810 g/mol. The summed E-state index contributed by atoms with van der Waals surface area (Å²) < 4.78 is 2.71. The highest BCUT2D eigenvalue weighted by Crippen LogP contribution is 2.62. The van der Waals surface area contributed by atoms with Crippen LogP contribution < -0.4 is 26.2 Å². The molecule has 0 spiro atoms. The Hall–Kier alpha value is -5.48. The Labute approximate surface area is 402 Å². The lowest BCUT2D eigenvalue weighted by atomic mass is 9.33. The summed E-state index contributed by atoms with van der Waals surface area (Å²) in [5, 5.41) is 1.37. The number of fused-ring (bicyclic) bond motifs is 7. The molecule has 1 aromatic heterocycles. The summed E-state index contributed by atoms with van der Waals surface area (Å²) in [4.78, 5) is 5.47. The number of rotatable bonds is 4. The zero-order valence-corrected chi connectivity index (χ0v) is 43.2. The fraction of sp³-hybridized carbons (Fsp3) is 0.397. The second kappa shape index (κ2) is 14.3. The first-order valence-corrected chi connectivity index (χ1v) is 25.4. The van der Waals surface area contributed by atoms with Gasteiger partial charge in [-0.25, -0.2) is 0 Å². The van der Waals surface area contributed by atoms with E-state index in [-0.39, 0.29) is 39.3 Å². The molecule has 4 heteroatoms. The Balaban J connectivity index is 1.31. The fourth-order valence-electron chi connectivity index (χ4n) is 12.9. The number of benzene rings is 6. The van der Waals surface area contributed by atoms with Crippen molar-refractivity contribution in [2.75, 3.05) is 9.80 Å². The fourth-order valence-corrected chi connectivity index (χ4v) is 12.9. The molecule has 3 aliphatic heterocycles. The highest BCUT2D eigenvalue weighted by molar-refractivity contribution is 7.00. The monoisotopic (exact) mass is 882 g/mol. The molecule has 67 heavy (non-hydrogen) atoms. The normalized spacial score (nSPS) is 19.7. The maximum absolute atomic E-state index is 2.92. The minimum Gasteiger partial charge on any atom is -0.335 e. The third-order valence-corrected chi connectivity index (χ3v) is 17.1. The van der Waals surface area contributed by atoms with E-state index in [0.717, 1.165) is 6.42 Å². The van der Waals surface area contributed by atoms with Gasteiger partial charge in [-0.3, -0.25) is 0 Å². The van der Waals surface area contributed by atoms with E-state index in [1.54, 1.807) is 5.56 Å². The van der Waals surface area contributed by atoms with Gasteiger partial charge in [0.05, 0.1) is 16.9 Å². The van der Waals surface area contributed by atoms with Gasteiger partial charge in [-0.15, -0.1) is 0 Å². The molecule has 342 valence electrons. The topological polar surface area (TPSA) is 11.4 Å². The molecule has 11 rings (SSSR count). The van der Waals surface area contributed by atoms with E-state index in [9.17, 15) is 0 Å². The number of anilines is 5. The first-order valence-electron chi connectivity index (χ1n) is 25.4. The molecule has 7 aromatic rings. The number of hydrogen-bond donors (Lipinski definition) is 0. The summed E-state index contributed by atoms with van der Waals surface area (Å²) >= 11 is 0. The van der Waals surface area contributed by atoms with Crippen molar-refractivity contribution >= 4 is 62.4 Å². The molecule has 0 saturated heterocycles. The van der Waals surface area contributed by atoms with E-state index in [1.165, 1.54) is 120 Å². The molecule has 0 bridgehead atoms. The van der Waals surface area contributed by atoms with Crippen molar-refractivity contribution < 1.29 is 0 Å². The van der Waals surface area contributed by atoms with E-state index < -0.39 is 0 Å². The number of aryl methyl sites for hydroxylation is 1. The Bertz CT molecular complexity index is 3080. The Kier molecular flexibility index (Phi) is 9.39. The van der Waals surface area contributed by atoms with Gasteiger partial charge in [0.2, 0.25) is 0 Å². The second-order valence-corrected chi connectivity index (χ2v) is 25.5. The average molecular weight is 882 g/mol. The van der Waals surface area contributed by atoms with Gasteiger partial charge in [-0.2, -0.15) is 0 Å². The van der Waals surface area contributed by atoms with Crippen LogP contribution in [0.4, 0.5) is 28.4 Å². The van der Waals surface area contributed by atoms with E-state index >= 15 is 0 Å². The molecule has 0 N–H and O–H groups in total. The predicted octanol–water partition coefficient (Wildman–Crippen LogP) is 15.2. The third-order valence-electron chi connectivity index (χ3n) is 17.1. The Morgan fingerprint density at radius 3 is 1.63 bits per heavy atom. The largest absolute Gasteiger partial charge is 0.335 e. The van der Waals surface area contributed by atoms with E-state index in [1.807, 2.05) is 0 Å². The molecule has 2 unspecified atom stereocenters. The molecule has 4 heterocycles. The summed E-state index contributed by atoms with van der Waals surface area (Å²) in [6.45, 7) is 36.0. The predicted molar refractivity (Wildman–Crippen MR) is 290 cm³/mol. The molecule has 0 radical (unpaired) electrons. The molecule has 2 atom stereocenters. The van der Waals surface area contributed by atoms with Crippen molar-refractivity contribution in [2.24, 2.45) is 0 Å². The first-order chi connectivity index (χ1) is 31.4. The lowest BCUT2D eigenvalue weighted by Crippen LogP contribution is -2.64. The number of hydrogen-bond acceptors (Lipinski definition) is 2. The number of aromatic nitrogens is 1. The van der Waals surface area contributed by atoms with E-state index in [4.69, 9.17) is 0 Å².